The quantitative estimate of drug-likeness (QED) is 0.839. The molecule has 4 rings (SSSR count). The van der Waals surface area contributed by atoms with Crippen molar-refractivity contribution in [1.29, 1.82) is 0 Å². The maximum absolute atomic E-state index is 11.6. The Kier molecular flexibility index (Phi) is 3.49. The van der Waals surface area contributed by atoms with Gasteiger partial charge in [0.1, 0.15) is 0 Å². The van der Waals surface area contributed by atoms with E-state index in [1.807, 2.05) is 0 Å². The number of carbonyl (C=O) groups is 1. The van der Waals surface area contributed by atoms with E-state index in [2.05, 4.69) is 5.32 Å². The molecule has 1 saturated heterocycles. The summed E-state index contributed by atoms with van der Waals surface area (Å²) in [5.74, 6) is 0.289. The van der Waals surface area contributed by atoms with Gasteiger partial charge < -0.3 is 15.2 Å². The first-order valence-corrected chi connectivity index (χ1v) is 8.80. The molecule has 0 aromatic rings. The van der Waals surface area contributed by atoms with E-state index in [1.165, 1.54) is 32.1 Å². The zero-order valence-electron chi connectivity index (χ0n) is 12.7. The molecule has 0 amide bonds. The fourth-order valence-corrected chi connectivity index (χ4v) is 5.70. The van der Waals surface area contributed by atoms with Crippen LogP contribution in [0, 0.1) is 17.8 Å². The predicted molar refractivity (Wildman–Crippen MR) is 79.1 cm³/mol. The number of carboxylic acid groups (broad SMARTS) is 1. The summed E-state index contributed by atoms with van der Waals surface area (Å²) in [6.07, 6.45) is 10.6. The number of nitrogens with one attached hydrogen (secondary N) is 1. The summed E-state index contributed by atoms with van der Waals surface area (Å²) in [7, 11) is 0. The lowest BCUT2D eigenvalue weighted by molar-refractivity contribution is -0.144. The van der Waals surface area contributed by atoms with Crippen LogP contribution in [0.1, 0.15) is 57.8 Å². The van der Waals surface area contributed by atoms with Crippen molar-refractivity contribution in [2.24, 2.45) is 17.8 Å². The van der Waals surface area contributed by atoms with E-state index < -0.39 is 5.97 Å². The molecule has 0 radical (unpaired) electrons. The molecule has 3 aliphatic carbocycles. The molecular formula is C17H27NO3. The zero-order valence-corrected chi connectivity index (χ0v) is 12.7. The summed E-state index contributed by atoms with van der Waals surface area (Å²) < 4.78 is 6.10. The van der Waals surface area contributed by atoms with Crippen LogP contribution in [-0.4, -0.2) is 35.4 Å². The number of hydrogen-bond donors (Lipinski definition) is 2. The molecule has 4 aliphatic rings. The molecule has 0 aromatic heterocycles. The van der Waals surface area contributed by atoms with Crippen molar-refractivity contribution < 1.29 is 14.6 Å². The first kappa shape index (κ1) is 14.0. The molecule has 21 heavy (non-hydrogen) atoms. The lowest BCUT2D eigenvalue weighted by Gasteiger charge is -2.41. The average molecular weight is 293 g/mol. The number of ether oxygens (including phenoxy) is 1. The first-order valence-electron chi connectivity index (χ1n) is 8.80. The van der Waals surface area contributed by atoms with Gasteiger partial charge in [0.05, 0.1) is 11.5 Å². The molecule has 2 N–H and O–H groups in total. The Morgan fingerprint density at radius 3 is 2.67 bits per heavy atom. The molecule has 118 valence electrons. The van der Waals surface area contributed by atoms with E-state index in [1.54, 1.807) is 0 Å². The van der Waals surface area contributed by atoms with Crippen LogP contribution in [-0.2, 0) is 9.53 Å². The molecule has 0 aromatic carbocycles. The molecule has 4 nitrogen and oxygen atoms in total. The highest BCUT2D eigenvalue weighted by atomic mass is 16.5. The Morgan fingerprint density at radius 2 is 1.90 bits per heavy atom. The minimum atomic E-state index is -0.581. The predicted octanol–water partition coefficient (Wildman–Crippen LogP) is 2.57. The lowest BCUT2D eigenvalue weighted by atomic mass is 9.82. The monoisotopic (exact) mass is 293 g/mol. The van der Waals surface area contributed by atoms with Crippen LogP contribution in [0.25, 0.3) is 0 Å². The van der Waals surface area contributed by atoms with Crippen molar-refractivity contribution >= 4 is 5.97 Å². The smallest absolute Gasteiger partial charge is 0.308 e. The number of hydrogen-bond acceptors (Lipinski definition) is 3. The van der Waals surface area contributed by atoms with Gasteiger partial charge in [0.2, 0.25) is 0 Å². The van der Waals surface area contributed by atoms with E-state index in [4.69, 9.17) is 4.74 Å². The molecule has 4 fully saturated rings. The van der Waals surface area contributed by atoms with Crippen molar-refractivity contribution in [1.82, 2.24) is 5.32 Å². The van der Waals surface area contributed by atoms with Gasteiger partial charge in [-0.05, 0) is 56.8 Å². The van der Waals surface area contributed by atoms with Crippen LogP contribution < -0.4 is 5.32 Å². The molecule has 5 atom stereocenters. The highest BCUT2D eigenvalue weighted by Gasteiger charge is 2.52. The molecule has 1 heterocycles. The molecule has 2 bridgehead atoms. The summed E-state index contributed by atoms with van der Waals surface area (Å²) in [5.41, 5.74) is 0.117. The normalized spacial score (nSPS) is 44.5. The van der Waals surface area contributed by atoms with E-state index in [0.29, 0.717) is 17.9 Å². The Bertz CT molecular complexity index is 418. The Labute approximate surface area is 126 Å². The Morgan fingerprint density at radius 1 is 1.14 bits per heavy atom. The molecule has 3 saturated carbocycles. The van der Waals surface area contributed by atoms with Gasteiger partial charge in [0, 0.05) is 18.7 Å². The summed E-state index contributed by atoms with van der Waals surface area (Å²) in [6, 6.07) is 0.672. The fourth-order valence-electron chi connectivity index (χ4n) is 5.70. The van der Waals surface area contributed by atoms with Gasteiger partial charge in [-0.1, -0.05) is 12.8 Å². The third-order valence-electron chi connectivity index (χ3n) is 6.64. The van der Waals surface area contributed by atoms with Gasteiger partial charge in [0.15, 0.2) is 0 Å². The van der Waals surface area contributed by atoms with Gasteiger partial charge in [-0.15, -0.1) is 0 Å². The van der Waals surface area contributed by atoms with Crippen molar-refractivity contribution in [3.8, 4) is 0 Å². The highest BCUT2D eigenvalue weighted by Crippen LogP contribution is 2.49. The zero-order chi connectivity index (χ0) is 14.4. The Balaban J connectivity index is 1.44. The van der Waals surface area contributed by atoms with Crippen LogP contribution in [0.4, 0.5) is 0 Å². The Hall–Kier alpha value is -0.610. The molecule has 1 spiro atoms. The minimum absolute atomic E-state index is 0.117. The van der Waals surface area contributed by atoms with Gasteiger partial charge in [0.25, 0.3) is 0 Å². The van der Waals surface area contributed by atoms with Crippen molar-refractivity contribution in [3.05, 3.63) is 0 Å². The van der Waals surface area contributed by atoms with Crippen molar-refractivity contribution in [2.75, 3.05) is 6.61 Å². The van der Waals surface area contributed by atoms with Gasteiger partial charge in [-0.3, -0.25) is 4.79 Å². The summed E-state index contributed by atoms with van der Waals surface area (Å²) in [4.78, 5) is 11.6. The van der Waals surface area contributed by atoms with Crippen LogP contribution in [0.15, 0.2) is 0 Å². The second-order valence-corrected chi connectivity index (χ2v) is 7.82. The topological polar surface area (TPSA) is 58.6 Å². The first-order chi connectivity index (χ1) is 10.2. The second kappa shape index (κ2) is 5.24. The van der Waals surface area contributed by atoms with Crippen LogP contribution >= 0.6 is 0 Å². The van der Waals surface area contributed by atoms with E-state index in [9.17, 15) is 9.90 Å². The van der Waals surface area contributed by atoms with Crippen LogP contribution in [0.3, 0.4) is 0 Å². The molecular weight excluding hydrogens is 266 g/mol. The summed E-state index contributed by atoms with van der Waals surface area (Å²) >= 11 is 0. The third-order valence-corrected chi connectivity index (χ3v) is 6.64. The maximum atomic E-state index is 11.6. The fraction of sp³-hybridized carbons (Fsp3) is 0.941. The number of rotatable bonds is 3. The lowest BCUT2D eigenvalue weighted by Crippen LogP contribution is -2.53. The van der Waals surface area contributed by atoms with Crippen LogP contribution in [0.2, 0.25) is 0 Å². The van der Waals surface area contributed by atoms with E-state index in [-0.39, 0.29) is 17.6 Å². The van der Waals surface area contributed by atoms with E-state index >= 15 is 0 Å². The standard InChI is InChI=1S/C17H27NO3/c19-16(20)14-11-3-4-12(9-11)15(14)18-13-5-8-21-17(10-13)6-1-2-7-17/h11-15,18H,1-10H2,(H,19,20). The van der Waals surface area contributed by atoms with Crippen LogP contribution in [0.5, 0.6) is 0 Å². The largest absolute Gasteiger partial charge is 0.481 e. The maximum Gasteiger partial charge on any atom is 0.308 e. The third kappa shape index (κ3) is 2.40. The summed E-state index contributed by atoms with van der Waals surface area (Å²) in [6.45, 7) is 0.843. The van der Waals surface area contributed by atoms with E-state index in [0.717, 1.165) is 32.3 Å². The number of fused-ring (bicyclic) bond motifs is 2. The highest BCUT2D eigenvalue weighted by molar-refractivity contribution is 5.72. The number of carboxylic acids is 1. The van der Waals surface area contributed by atoms with Gasteiger partial charge >= 0.3 is 5.97 Å². The number of aliphatic carboxylic acids is 1. The van der Waals surface area contributed by atoms with Gasteiger partial charge in [-0.2, -0.15) is 0 Å². The molecule has 5 unspecified atom stereocenters. The van der Waals surface area contributed by atoms with Crippen molar-refractivity contribution in [3.63, 3.8) is 0 Å². The molecule has 1 aliphatic heterocycles. The van der Waals surface area contributed by atoms with Gasteiger partial charge in [-0.25, -0.2) is 0 Å². The minimum Gasteiger partial charge on any atom is -0.481 e. The van der Waals surface area contributed by atoms with Crippen molar-refractivity contribution in [2.45, 2.75) is 75.5 Å². The molecule has 4 heteroatoms. The summed E-state index contributed by atoms with van der Waals surface area (Å²) in [5, 5.41) is 13.3. The average Bonchev–Trinajstić information content (AvgIpc) is 3.15. The second-order valence-electron chi connectivity index (χ2n) is 7.82. The SMILES string of the molecule is O=C(O)C1C2CCC(C2)C1NC1CCOC2(CCCC2)C1.